The first-order valence-corrected chi connectivity index (χ1v) is 7.97. The summed E-state index contributed by atoms with van der Waals surface area (Å²) >= 11 is 0. The molecular formula is C19H23NO. The van der Waals surface area contributed by atoms with Gasteiger partial charge in [-0.3, -0.25) is 4.79 Å². The van der Waals surface area contributed by atoms with Gasteiger partial charge in [-0.2, -0.15) is 0 Å². The number of fused-ring (bicyclic) bond motifs is 1. The Hall–Kier alpha value is -1.67. The predicted molar refractivity (Wildman–Crippen MR) is 87.2 cm³/mol. The Morgan fingerprint density at radius 2 is 1.71 bits per heavy atom. The quantitative estimate of drug-likeness (QED) is 0.928. The van der Waals surface area contributed by atoms with Crippen LogP contribution in [0.25, 0.3) is 10.8 Å². The first-order chi connectivity index (χ1) is 10.3. The zero-order chi connectivity index (χ0) is 14.7. The van der Waals surface area contributed by atoms with Crippen LogP contribution < -0.4 is 5.73 Å². The number of benzene rings is 2. The van der Waals surface area contributed by atoms with Crippen molar-refractivity contribution in [1.82, 2.24) is 0 Å². The smallest absolute Gasteiger partial charge is 0.140 e. The standard InChI is InChI=1S/C19H23NO/c20-13-14-8-10-16(11-9-14)19(21)12-17-6-3-5-15-4-1-2-7-18(15)17/h1-7,14,16H,8-13,20H2. The molecule has 3 rings (SSSR count). The summed E-state index contributed by atoms with van der Waals surface area (Å²) in [6.07, 6.45) is 4.83. The Labute approximate surface area is 126 Å². The third-order valence-corrected chi connectivity index (χ3v) is 4.88. The van der Waals surface area contributed by atoms with Crippen LogP contribution in [-0.2, 0) is 11.2 Å². The van der Waals surface area contributed by atoms with Gasteiger partial charge in [0.2, 0.25) is 0 Å². The van der Waals surface area contributed by atoms with Crippen molar-refractivity contribution in [2.24, 2.45) is 17.6 Å². The molecule has 1 fully saturated rings. The van der Waals surface area contributed by atoms with Crippen molar-refractivity contribution in [3.8, 4) is 0 Å². The van der Waals surface area contributed by atoms with Gasteiger partial charge in [-0.25, -0.2) is 0 Å². The summed E-state index contributed by atoms with van der Waals surface area (Å²) in [6, 6.07) is 14.6. The van der Waals surface area contributed by atoms with E-state index in [1.165, 1.54) is 16.3 Å². The van der Waals surface area contributed by atoms with Gasteiger partial charge >= 0.3 is 0 Å². The number of ketones is 1. The van der Waals surface area contributed by atoms with Crippen molar-refractivity contribution in [3.63, 3.8) is 0 Å². The number of carbonyl (C=O) groups is 1. The second kappa shape index (κ2) is 6.40. The average molecular weight is 281 g/mol. The lowest BCUT2D eigenvalue weighted by Crippen LogP contribution is -2.26. The molecule has 0 atom stereocenters. The van der Waals surface area contributed by atoms with E-state index in [1.807, 2.05) is 12.1 Å². The predicted octanol–water partition coefficient (Wildman–Crippen LogP) is 3.72. The number of hydrogen-bond donors (Lipinski definition) is 1. The maximum atomic E-state index is 12.6. The van der Waals surface area contributed by atoms with E-state index < -0.39 is 0 Å². The molecule has 1 saturated carbocycles. The summed E-state index contributed by atoms with van der Waals surface area (Å²) in [5.74, 6) is 1.28. The molecule has 2 aromatic rings. The highest BCUT2D eigenvalue weighted by Crippen LogP contribution is 2.30. The molecule has 0 spiro atoms. The number of carbonyl (C=O) groups excluding carboxylic acids is 1. The molecular weight excluding hydrogens is 258 g/mol. The van der Waals surface area contributed by atoms with Gasteiger partial charge < -0.3 is 5.73 Å². The zero-order valence-corrected chi connectivity index (χ0v) is 12.4. The van der Waals surface area contributed by atoms with Crippen LogP contribution in [0, 0.1) is 11.8 Å². The van der Waals surface area contributed by atoms with Gasteiger partial charge in [0, 0.05) is 12.3 Å². The number of nitrogens with two attached hydrogens (primary N) is 1. The molecule has 0 heterocycles. The van der Waals surface area contributed by atoms with Crippen LogP contribution in [0.1, 0.15) is 31.2 Å². The minimum atomic E-state index is 0.242. The number of hydrogen-bond acceptors (Lipinski definition) is 2. The molecule has 2 N–H and O–H groups in total. The fourth-order valence-corrected chi connectivity index (χ4v) is 3.50. The Bertz CT molecular complexity index is 621. The molecule has 0 radical (unpaired) electrons. The molecule has 0 aromatic heterocycles. The molecule has 2 heteroatoms. The van der Waals surface area contributed by atoms with Gasteiger partial charge in [0.15, 0.2) is 0 Å². The van der Waals surface area contributed by atoms with Crippen molar-refractivity contribution in [1.29, 1.82) is 0 Å². The molecule has 1 aliphatic rings. The lowest BCUT2D eigenvalue weighted by atomic mass is 9.79. The summed E-state index contributed by atoms with van der Waals surface area (Å²) in [6.45, 7) is 0.768. The fourth-order valence-electron chi connectivity index (χ4n) is 3.50. The molecule has 0 unspecified atom stereocenters. The van der Waals surface area contributed by atoms with Crippen LogP contribution >= 0.6 is 0 Å². The van der Waals surface area contributed by atoms with Crippen molar-refractivity contribution in [2.45, 2.75) is 32.1 Å². The molecule has 2 nitrogen and oxygen atoms in total. The van der Waals surface area contributed by atoms with E-state index in [2.05, 4.69) is 30.3 Å². The highest BCUT2D eigenvalue weighted by atomic mass is 16.1. The van der Waals surface area contributed by atoms with Crippen LogP contribution in [0.3, 0.4) is 0 Å². The van der Waals surface area contributed by atoms with Crippen LogP contribution in [0.5, 0.6) is 0 Å². The summed E-state index contributed by atoms with van der Waals surface area (Å²) in [4.78, 5) is 12.6. The molecule has 110 valence electrons. The van der Waals surface area contributed by atoms with Gasteiger partial charge in [-0.1, -0.05) is 42.5 Å². The van der Waals surface area contributed by atoms with E-state index in [0.29, 0.717) is 18.1 Å². The molecule has 0 bridgehead atoms. The molecule has 21 heavy (non-hydrogen) atoms. The Morgan fingerprint density at radius 1 is 1.00 bits per heavy atom. The summed E-state index contributed by atoms with van der Waals surface area (Å²) in [7, 11) is 0. The van der Waals surface area contributed by atoms with Crippen molar-refractivity contribution in [3.05, 3.63) is 48.0 Å². The average Bonchev–Trinajstić information content (AvgIpc) is 2.55. The van der Waals surface area contributed by atoms with E-state index in [9.17, 15) is 4.79 Å². The molecule has 0 saturated heterocycles. The summed E-state index contributed by atoms with van der Waals surface area (Å²) < 4.78 is 0. The topological polar surface area (TPSA) is 43.1 Å². The van der Waals surface area contributed by atoms with Gasteiger partial charge in [0.25, 0.3) is 0 Å². The molecule has 1 aliphatic carbocycles. The van der Waals surface area contributed by atoms with Crippen LogP contribution in [0.4, 0.5) is 0 Å². The van der Waals surface area contributed by atoms with E-state index in [-0.39, 0.29) is 5.92 Å². The van der Waals surface area contributed by atoms with Gasteiger partial charge in [0.05, 0.1) is 0 Å². The first-order valence-electron chi connectivity index (χ1n) is 7.97. The minimum Gasteiger partial charge on any atom is -0.330 e. The van der Waals surface area contributed by atoms with Crippen molar-refractivity contribution >= 4 is 16.6 Å². The summed E-state index contributed by atoms with van der Waals surface area (Å²) in [5.41, 5.74) is 6.89. The van der Waals surface area contributed by atoms with Gasteiger partial charge in [-0.15, -0.1) is 0 Å². The Morgan fingerprint density at radius 3 is 2.48 bits per heavy atom. The first kappa shape index (κ1) is 14.3. The summed E-state index contributed by atoms with van der Waals surface area (Å²) in [5, 5.41) is 2.43. The molecule has 0 amide bonds. The molecule has 0 aliphatic heterocycles. The van der Waals surface area contributed by atoms with E-state index >= 15 is 0 Å². The Balaban J connectivity index is 1.72. The third-order valence-electron chi connectivity index (χ3n) is 4.88. The number of rotatable bonds is 4. The Kier molecular flexibility index (Phi) is 4.35. The highest BCUT2D eigenvalue weighted by Gasteiger charge is 2.25. The van der Waals surface area contributed by atoms with Crippen LogP contribution in [0.2, 0.25) is 0 Å². The van der Waals surface area contributed by atoms with Gasteiger partial charge in [-0.05, 0) is 54.5 Å². The zero-order valence-electron chi connectivity index (χ0n) is 12.4. The van der Waals surface area contributed by atoms with Crippen LogP contribution in [-0.4, -0.2) is 12.3 Å². The second-order valence-corrected chi connectivity index (χ2v) is 6.23. The van der Waals surface area contributed by atoms with E-state index in [4.69, 9.17) is 5.73 Å². The maximum absolute atomic E-state index is 12.6. The lowest BCUT2D eigenvalue weighted by molar-refractivity contribution is -0.123. The fraction of sp³-hybridized carbons (Fsp3) is 0.421. The second-order valence-electron chi connectivity index (χ2n) is 6.23. The third kappa shape index (κ3) is 3.16. The van der Waals surface area contributed by atoms with E-state index in [0.717, 1.165) is 32.2 Å². The largest absolute Gasteiger partial charge is 0.330 e. The monoisotopic (exact) mass is 281 g/mol. The molecule has 2 aromatic carbocycles. The van der Waals surface area contributed by atoms with Gasteiger partial charge in [0.1, 0.15) is 5.78 Å². The van der Waals surface area contributed by atoms with E-state index in [1.54, 1.807) is 0 Å². The normalized spacial score (nSPS) is 22.3. The lowest BCUT2D eigenvalue weighted by Gasteiger charge is -2.26. The SMILES string of the molecule is NCC1CCC(C(=O)Cc2cccc3ccccc23)CC1. The van der Waals surface area contributed by atoms with Crippen molar-refractivity contribution in [2.75, 3.05) is 6.54 Å². The van der Waals surface area contributed by atoms with Crippen molar-refractivity contribution < 1.29 is 4.79 Å². The highest BCUT2D eigenvalue weighted by molar-refractivity contribution is 5.91. The minimum absolute atomic E-state index is 0.242. The number of Topliss-reactive ketones (excluding diaryl/α,β-unsaturated/α-hetero) is 1. The van der Waals surface area contributed by atoms with Crippen LogP contribution in [0.15, 0.2) is 42.5 Å². The maximum Gasteiger partial charge on any atom is 0.140 e.